The molecule has 6 rings (SSSR count). The Balaban J connectivity index is 1.45. The molecule has 3 aromatic carbocycles. The van der Waals surface area contributed by atoms with E-state index >= 15 is 0 Å². The zero-order valence-corrected chi connectivity index (χ0v) is 30.4. The van der Waals surface area contributed by atoms with Crippen molar-refractivity contribution >= 4 is 27.0 Å². The molecule has 1 amide bonds. The van der Waals surface area contributed by atoms with Gasteiger partial charge in [-0.05, 0) is 93.1 Å². The Labute approximate surface area is 292 Å². The summed E-state index contributed by atoms with van der Waals surface area (Å²) in [6, 6.07) is 19.9. The molecule has 2 aromatic heterocycles. The number of aryl methyl sites for hydroxylation is 4. The highest BCUT2D eigenvalue weighted by Crippen LogP contribution is 2.40. The predicted molar refractivity (Wildman–Crippen MR) is 193 cm³/mol. The number of hydrogen-bond acceptors (Lipinski definition) is 7. The number of sulfonamides is 1. The van der Waals surface area contributed by atoms with Gasteiger partial charge < -0.3 is 14.6 Å². The molecule has 0 unspecified atom stereocenters. The SMILES string of the molecule is CC[C@@H]1CN(Cc2cc([C@@H](c3ccc4c(nnn4CC)c3C)C(C)(C)NC(=O)c3ccn(C)c(=O)c3)ccc2C)S(=O)(=O)c2ccccc2O1. The molecule has 50 heavy (non-hydrogen) atoms. The highest BCUT2D eigenvalue weighted by atomic mass is 32.2. The molecule has 0 saturated carbocycles. The maximum absolute atomic E-state index is 14.1. The zero-order valence-electron chi connectivity index (χ0n) is 29.6. The monoisotopic (exact) mass is 696 g/mol. The van der Waals surface area contributed by atoms with E-state index in [1.165, 1.54) is 14.9 Å². The van der Waals surface area contributed by atoms with Crippen molar-refractivity contribution in [3.8, 4) is 5.75 Å². The Hall–Kier alpha value is -4.81. The van der Waals surface area contributed by atoms with E-state index in [1.54, 1.807) is 43.6 Å². The van der Waals surface area contributed by atoms with Crippen LogP contribution >= 0.6 is 0 Å². The molecule has 11 nitrogen and oxygen atoms in total. The van der Waals surface area contributed by atoms with Crippen molar-refractivity contribution in [2.45, 2.75) is 83.5 Å². The van der Waals surface area contributed by atoms with Gasteiger partial charge in [-0.15, -0.1) is 5.10 Å². The number of carbonyl (C=O) groups is 1. The van der Waals surface area contributed by atoms with Gasteiger partial charge in [0.25, 0.3) is 11.5 Å². The van der Waals surface area contributed by atoms with Crippen LogP contribution < -0.4 is 15.6 Å². The first kappa shape index (κ1) is 35.0. The number of nitrogens with zero attached hydrogens (tertiary/aromatic N) is 5. The molecular weight excluding hydrogens is 653 g/mol. The lowest BCUT2D eigenvalue weighted by molar-refractivity contribution is 0.0905. The number of pyridine rings is 1. The standard InChI is InChI=1S/C38H44N6O5S/c1-8-29-23-43(50(47,48)33-13-11-10-12-32(33)49-29)22-28-20-26(15-14-24(28)3)35(30-16-17-31-36(25(30)4)40-41-44(31)9-2)38(5,6)39-37(46)27-18-19-42(7)34(45)21-27/h10-21,29,35H,8-9,22-23H2,1-7H3,(H,39,46)/t29-,35+/m1/s1. The van der Waals surface area contributed by atoms with Crippen LogP contribution in [0, 0.1) is 13.8 Å². The van der Waals surface area contributed by atoms with Gasteiger partial charge in [-0.2, -0.15) is 4.31 Å². The topological polar surface area (TPSA) is 128 Å². The fourth-order valence-electron chi connectivity index (χ4n) is 6.88. The minimum Gasteiger partial charge on any atom is -0.488 e. The lowest BCUT2D eigenvalue weighted by Crippen LogP contribution is -2.48. The molecule has 1 aliphatic rings. The molecule has 0 aliphatic carbocycles. The van der Waals surface area contributed by atoms with Crippen molar-refractivity contribution in [2.24, 2.45) is 7.05 Å². The highest BCUT2D eigenvalue weighted by molar-refractivity contribution is 7.89. The molecule has 0 bridgehead atoms. The van der Waals surface area contributed by atoms with E-state index in [-0.39, 0.29) is 41.1 Å². The number of amides is 1. The fourth-order valence-corrected chi connectivity index (χ4v) is 8.45. The normalized spacial score (nSPS) is 16.7. The molecule has 12 heteroatoms. The van der Waals surface area contributed by atoms with Gasteiger partial charge >= 0.3 is 0 Å². The van der Waals surface area contributed by atoms with E-state index in [1.807, 2.05) is 70.5 Å². The van der Waals surface area contributed by atoms with E-state index in [4.69, 9.17) is 4.74 Å². The largest absolute Gasteiger partial charge is 0.488 e. The van der Waals surface area contributed by atoms with Crippen molar-refractivity contribution in [1.29, 1.82) is 0 Å². The Morgan fingerprint density at radius 2 is 1.82 bits per heavy atom. The van der Waals surface area contributed by atoms with E-state index in [0.29, 0.717) is 18.7 Å². The first-order valence-electron chi connectivity index (χ1n) is 16.9. The quantitative estimate of drug-likeness (QED) is 0.217. The van der Waals surface area contributed by atoms with Crippen molar-refractivity contribution in [3.63, 3.8) is 0 Å². The van der Waals surface area contributed by atoms with Crippen LogP contribution in [-0.4, -0.2) is 56.4 Å². The van der Waals surface area contributed by atoms with Crippen LogP contribution in [0.25, 0.3) is 11.0 Å². The number of nitrogens with one attached hydrogen (secondary N) is 1. The number of hydrogen-bond donors (Lipinski definition) is 1. The van der Waals surface area contributed by atoms with Gasteiger partial charge in [0.05, 0.1) is 12.1 Å². The molecule has 0 spiro atoms. The molecule has 0 fully saturated rings. The van der Waals surface area contributed by atoms with Crippen LogP contribution in [0.4, 0.5) is 0 Å². The fraction of sp³-hybridized carbons (Fsp3) is 0.368. The van der Waals surface area contributed by atoms with Gasteiger partial charge in [-0.1, -0.05) is 48.5 Å². The summed E-state index contributed by atoms with van der Waals surface area (Å²) in [6.07, 6.45) is 1.92. The van der Waals surface area contributed by atoms with Gasteiger partial charge in [-0.25, -0.2) is 13.1 Å². The van der Waals surface area contributed by atoms with Crippen molar-refractivity contribution < 1.29 is 17.9 Å². The summed E-state index contributed by atoms with van der Waals surface area (Å²) in [5, 5.41) is 12.1. The predicted octanol–water partition coefficient (Wildman–Crippen LogP) is 5.47. The van der Waals surface area contributed by atoms with E-state index < -0.39 is 21.5 Å². The van der Waals surface area contributed by atoms with Gasteiger partial charge in [-0.3, -0.25) is 9.59 Å². The highest BCUT2D eigenvalue weighted by Gasteiger charge is 2.37. The Morgan fingerprint density at radius 1 is 1.06 bits per heavy atom. The summed E-state index contributed by atoms with van der Waals surface area (Å²) >= 11 is 0. The number of ether oxygens (including phenoxy) is 1. The maximum Gasteiger partial charge on any atom is 0.251 e. The van der Waals surface area contributed by atoms with Gasteiger partial charge in [0.2, 0.25) is 10.0 Å². The molecular formula is C38H44N6O5S. The Kier molecular flexibility index (Phi) is 9.45. The zero-order chi connectivity index (χ0) is 36.0. The van der Waals surface area contributed by atoms with Gasteiger partial charge in [0.1, 0.15) is 22.3 Å². The van der Waals surface area contributed by atoms with Crippen LogP contribution in [0.2, 0.25) is 0 Å². The second-order valence-electron chi connectivity index (χ2n) is 13.6. The molecule has 1 N–H and O–H groups in total. The minimum absolute atomic E-state index is 0.145. The summed E-state index contributed by atoms with van der Waals surface area (Å²) in [6.45, 7) is 12.9. The summed E-state index contributed by atoms with van der Waals surface area (Å²) in [4.78, 5) is 26.3. The smallest absolute Gasteiger partial charge is 0.251 e. The molecule has 262 valence electrons. The van der Waals surface area contributed by atoms with Gasteiger partial charge in [0, 0.05) is 49.4 Å². The third-order valence-electron chi connectivity index (χ3n) is 9.79. The minimum atomic E-state index is -3.87. The van der Waals surface area contributed by atoms with Crippen LogP contribution in [0.1, 0.15) is 78.2 Å². The average Bonchev–Trinajstić information content (AvgIpc) is 3.47. The average molecular weight is 697 g/mol. The van der Waals surface area contributed by atoms with Crippen LogP contribution in [0.15, 0.2) is 82.6 Å². The first-order valence-corrected chi connectivity index (χ1v) is 18.4. The molecule has 1 aliphatic heterocycles. The third kappa shape index (κ3) is 6.45. The number of para-hydroxylation sites is 1. The molecule has 5 aromatic rings. The Morgan fingerprint density at radius 3 is 2.54 bits per heavy atom. The van der Waals surface area contributed by atoms with Crippen LogP contribution in [-0.2, 0) is 30.2 Å². The van der Waals surface area contributed by atoms with E-state index in [9.17, 15) is 18.0 Å². The van der Waals surface area contributed by atoms with Gasteiger partial charge in [0.15, 0.2) is 0 Å². The van der Waals surface area contributed by atoms with E-state index in [2.05, 4.69) is 21.7 Å². The summed E-state index contributed by atoms with van der Waals surface area (Å²) in [7, 11) is -2.23. The summed E-state index contributed by atoms with van der Waals surface area (Å²) in [5.41, 5.74) is 5.33. The second-order valence-corrected chi connectivity index (χ2v) is 15.5. The summed E-state index contributed by atoms with van der Waals surface area (Å²) in [5.74, 6) is -0.408. The molecule has 0 radical (unpaired) electrons. The summed E-state index contributed by atoms with van der Waals surface area (Å²) < 4.78 is 39.0. The maximum atomic E-state index is 14.1. The molecule has 2 atom stereocenters. The lowest BCUT2D eigenvalue weighted by Gasteiger charge is -2.37. The van der Waals surface area contributed by atoms with Crippen LogP contribution in [0.3, 0.4) is 0 Å². The van der Waals surface area contributed by atoms with Crippen molar-refractivity contribution in [3.05, 3.63) is 117 Å². The number of rotatable bonds is 9. The Bertz CT molecular complexity index is 2260. The number of benzene rings is 3. The molecule has 3 heterocycles. The molecule has 0 saturated heterocycles. The van der Waals surface area contributed by atoms with Crippen molar-refractivity contribution in [1.82, 2.24) is 29.2 Å². The number of carbonyl (C=O) groups excluding carboxylic acids is 1. The third-order valence-corrected chi connectivity index (χ3v) is 11.6. The second kappa shape index (κ2) is 13.5. The van der Waals surface area contributed by atoms with Crippen molar-refractivity contribution in [2.75, 3.05) is 6.54 Å². The number of aromatic nitrogens is 4. The first-order chi connectivity index (χ1) is 23.7. The van der Waals surface area contributed by atoms with Crippen LogP contribution in [0.5, 0.6) is 5.75 Å². The number of fused-ring (bicyclic) bond motifs is 2. The van der Waals surface area contributed by atoms with E-state index in [0.717, 1.165) is 38.9 Å². The lowest BCUT2D eigenvalue weighted by atomic mass is 9.74.